The van der Waals surface area contributed by atoms with Gasteiger partial charge in [0, 0.05) is 43.2 Å². The van der Waals surface area contributed by atoms with Gasteiger partial charge in [-0.2, -0.15) is 0 Å². The lowest BCUT2D eigenvalue weighted by Gasteiger charge is -2.37. The summed E-state index contributed by atoms with van der Waals surface area (Å²) in [5.74, 6) is -0.637. The Morgan fingerprint density at radius 2 is 2.00 bits per heavy atom. The molecule has 1 N–H and O–H groups in total. The molecule has 0 aliphatic carbocycles. The lowest BCUT2D eigenvalue weighted by Crippen LogP contribution is -2.47. The van der Waals surface area contributed by atoms with Crippen LogP contribution in [-0.2, 0) is 14.3 Å². The van der Waals surface area contributed by atoms with Gasteiger partial charge < -0.3 is 14.8 Å². The number of piperidine rings is 1. The fraction of sp³-hybridized carbons (Fsp3) is 0.562. The molecule has 1 aromatic carbocycles. The maximum atomic E-state index is 12.2. The van der Waals surface area contributed by atoms with E-state index < -0.39 is 10.7 Å². The molecule has 2 saturated heterocycles. The summed E-state index contributed by atoms with van der Waals surface area (Å²) < 4.78 is 11.3. The van der Waals surface area contributed by atoms with Gasteiger partial charge in [0.25, 0.3) is 5.69 Å². The van der Waals surface area contributed by atoms with Crippen molar-refractivity contribution in [2.75, 3.05) is 38.2 Å². The fourth-order valence-corrected chi connectivity index (χ4v) is 3.12. The van der Waals surface area contributed by atoms with Crippen LogP contribution >= 0.6 is 0 Å². The minimum Gasteiger partial charge on any atom is -0.347 e. The normalized spacial score (nSPS) is 20.2. The van der Waals surface area contributed by atoms with Gasteiger partial charge in [0.15, 0.2) is 5.79 Å². The van der Waals surface area contributed by atoms with Crippen molar-refractivity contribution in [2.24, 2.45) is 0 Å². The van der Waals surface area contributed by atoms with E-state index in [9.17, 15) is 14.9 Å². The van der Waals surface area contributed by atoms with E-state index in [1.165, 1.54) is 6.07 Å². The molecule has 3 rings (SSSR count). The smallest absolute Gasteiger partial charge is 0.274 e. The molecule has 0 bridgehead atoms. The highest BCUT2D eigenvalue weighted by atomic mass is 16.7. The Hall–Kier alpha value is -2.03. The fourth-order valence-electron chi connectivity index (χ4n) is 3.12. The van der Waals surface area contributed by atoms with Crippen LogP contribution in [0.15, 0.2) is 18.2 Å². The number of nitrogens with one attached hydrogen (secondary N) is 1. The monoisotopic (exact) mass is 335 g/mol. The van der Waals surface area contributed by atoms with E-state index in [4.69, 9.17) is 9.47 Å². The first kappa shape index (κ1) is 16.8. The number of nitrogens with zero attached hydrogens (tertiary/aromatic N) is 2. The van der Waals surface area contributed by atoms with E-state index in [-0.39, 0.29) is 18.1 Å². The molecule has 2 fully saturated rings. The molecule has 0 saturated carbocycles. The molecule has 8 heteroatoms. The van der Waals surface area contributed by atoms with Crippen molar-refractivity contribution in [3.8, 4) is 0 Å². The van der Waals surface area contributed by atoms with E-state index in [1.807, 2.05) is 4.90 Å². The van der Waals surface area contributed by atoms with Crippen LogP contribution in [0.2, 0.25) is 0 Å². The second-order valence-corrected chi connectivity index (χ2v) is 6.19. The van der Waals surface area contributed by atoms with Crippen LogP contribution in [0.4, 0.5) is 11.4 Å². The Kier molecular flexibility index (Phi) is 4.79. The van der Waals surface area contributed by atoms with Gasteiger partial charge in [-0.3, -0.25) is 19.8 Å². The molecule has 1 aromatic rings. The predicted molar refractivity (Wildman–Crippen MR) is 86.8 cm³/mol. The molecule has 0 aromatic heterocycles. The van der Waals surface area contributed by atoms with Crippen molar-refractivity contribution in [3.05, 3.63) is 33.9 Å². The van der Waals surface area contributed by atoms with Crippen molar-refractivity contribution < 1.29 is 19.2 Å². The molecule has 130 valence electrons. The minimum absolute atomic E-state index is 0.00300. The van der Waals surface area contributed by atoms with Crippen molar-refractivity contribution in [1.29, 1.82) is 0 Å². The second kappa shape index (κ2) is 6.84. The van der Waals surface area contributed by atoms with Crippen LogP contribution in [-0.4, -0.2) is 54.4 Å². The van der Waals surface area contributed by atoms with E-state index in [0.717, 1.165) is 25.9 Å². The summed E-state index contributed by atoms with van der Waals surface area (Å²) >= 11 is 0. The standard InChI is InChI=1S/C16H21N3O5/c1-12-2-3-13(10-14(12)19(21)22)17-15(20)11-18-6-4-16(5-7-18)23-8-9-24-16/h2-3,10H,4-9,11H2,1H3,(H,17,20). The summed E-state index contributed by atoms with van der Waals surface area (Å²) in [6.07, 6.45) is 1.49. The molecule has 2 heterocycles. The Labute approximate surface area is 139 Å². The summed E-state index contributed by atoms with van der Waals surface area (Å²) in [4.78, 5) is 24.7. The van der Waals surface area contributed by atoms with Crippen molar-refractivity contribution >= 4 is 17.3 Å². The number of ether oxygens (including phenoxy) is 2. The highest BCUT2D eigenvalue weighted by molar-refractivity contribution is 5.92. The number of nitro benzene ring substituents is 1. The van der Waals surface area contributed by atoms with Crippen LogP contribution in [0.3, 0.4) is 0 Å². The van der Waals surface area contributed by atoms with Gasteiger partial charge in [-0.1, -0.05) is 6.07 Å². The number of hydrogen-bond acceptors (Lipinski definition) is 6. The third kappa shape index (κ3) is 3.72. The first-order chi connectivity index (χ1) is 11.5. The molecule has 0 unspecified atom stereocenters. The maximum absolute atomic E-state index is 12.2. The maximum Gasteiger partial charge on any atom is 0.274 e. The summed E-state index contributed by atoms with van der Waals surface area (Å²) in [6, 6.07) is 4.69. The largest absolute Gasteiger partial charge is 0.347 e. The molecule has 2 aliphatic rings. The van der Waals surface area contributed by atoms with E-state index in [2.05, 4.69) is 5.32 Å². The van der Waals surface area contributed by atoms with Crippen molar-refractivity contribution in [2.45, 2.75) is 25.6 Å². The number of likely N-dealkylation sites (tertiary alicyclic amines) is 1. The molecule has 0 radical (unpaired) electrons. The highest BCUT2D eigenvalue weighted by Crippen LogP contribution is 2.31. The number of nitro groups is 1. The summed E-state index contributed by atoms with van der Waals surface area (Å²) in [5, 5.41) is 13.7. The van der Waals surface area contributed by atoms with Gasteiger partial charge in [0.2, 0.25) is 5.91 Å². The SMILES string of the molecule is Cc1ccc(NC(=O)CN2CCC3(CC2)OCCO3)cc1[N+](=O)[O-]. The van der Waals surface area contributed by atoms with Crippen LogP contribution in [0, 0.1) is 17.0 Å². The zero-order valence-electron chi connectivity index (χ0n) is 13.6. The molecular formula is C16H21N3O5. The lowest BCUT2D eigenvalue weighted by atomic mass is 10.0. The van der Waals surface area contributed by atoms with Crippen LogP contribution in [0.1, 0.15) is 18.4 Å². The zero-order chi connectivity index (χ0) is 17.2. The number of carbonyl (C=O) groups excluding carboxylic acids is 1. The molecule has 2 aliphatic heterocycles. The van der Waals surface area contributed by atoms with Gasteiger partial charge in [-0.05, 0) is 13.0 Å². The number of aryl methyl sites for hydroxylation is 1. The molecule has 1 amide bonds. The van der Waals surface area contributed by atoms with Gasteiger partial charge in [0.05, 0.1) is 24.7 Å². The highest BCUT2D eigenvalue weighted by Gasteiger charge is 2.39. The van der Waals surface area contributed by atoms with Crippen LogP contribution < -0.4 is 5.32 Å². The number of carbonyl (C=O) groups is 1. The van der Waals surface area contributed by atoms with E-state index in [1.54, 1.807) is 19.1 Å². The zero-order valence-corrected chi connectivity index (χ0v) is 13.6. The van der Waals surface area contributed by atoms with E-state index in [0.29, 0.717) is 24.5 Å². The van der Waals surface area contributed by atoms with E-state index >= 15 is 0 Å². The topological polar surface area (TPSA) is 93.9 Å². The lowest BCUT2D eigenvalue weighted by molar-refractivity contribution is -0.385. The van der Waals surface area contributed by atoms with Crippen LogP contribution in [0.5, 0.6) is 0 Å². The number of hydrogen-bond donors (Lipinski definition) is 1. The number of benzene rings is 1. The third-order valence-electron chi connectivity index (χ3n) is 4.49. The Morgan fingerprint density at radius 3 is 2.62 bits per heavy atom. The molecular weight excluding hydrogens is 314 g/mol. The molecule has 8 nitrogen and oxygen atoms in total. The minimum atomic E-state index is -0.454. The van der Waals surface area contributed by atoms with Crippen molar-refractivity contribution in [1.82, 2.24) is 4.90 Å². The van der Waals surface area contributed by atoms with Gasteiger partial charge in [0.1, 0.15) is 0 Å². The van der Waals surface area contributed by atoms with Gasteiger partial charge in [-0.15, -0.1) is 0 Å². The van der Waals surface area contributed by atoms with Crippen molar-refractivity contribution in [3.63, 3.8) is 0 Å². The quantitative estimate of drug-likeness (QED) is 0.664. The summed E-state index contributed by atoms with van der Waals surface area (Å²) in [6.45, 7) is 4.63. The van der Waals surface area contributed by atoms with Gasteiger partial charge in [-0.25, -0.2) is 0 Å². The first-order valence-corrected chi connectivity index (χ1v) is 8.03. The first-order valence-electron chi connectivity index (χ1n) is 8.03. The second-order valence-electron chi connectivity index (χ2n) is 6.19. The number of amides is 1. The average Bonchev–Trinajstić information content (AvgIpc) is 3.00. The Morgan fingerprint density at radius 1 is 1.33 bits per heavy atom. The van der Waals surface area contributed by atoms with Gasteiger partial charge >= 0.3 is 0 Å². The molecule has 1 spiro atoms. The summed E-state index contributed by atoms with van der Waals surface area (Å²) in [5.41, 5.74) is 1.01. The third-order valence-corrected chi connectivity index (χ3v) is 4.49. The number of rotatable bonds is 4. The summed E-state index contributed by atoms with van der Waals surface area (Å²) in [7, 11) is 0. The predicted octanol–water partition coefficient (Wildman–Crippen LogP) is 1.68. The molecule has 0 atom stereocenters. The molecule has 24 heavy (non-hydrogen) atoms. The Balaban J connectivity index is 1.53. The average molecular weight is 335 g/mol. The Bertz CT molecular complexity index is 633. The number of anilines is 1. The van der Waals surface area contributed by atoms with Crippen LogP contribution in [0.25, 0.3) is 0 Å².